The van der Waals surface area contributed by atoms with Gasteiger partial charge in [0, 0.05) is 16.2 Å². The van der Waals surface area contributed by atoms with Gasteiger partial charge in [0.15, 0.2) is 0 Å². The van der Waals surface area contributed by atoms with Gasteiger partial charge in [-0.1, -0.05) is 44.9 Å². The van der Waals surface area contributed by atoms with E-state index in [2.05, 4.69) is 43.5 Å². The van der Waals surface area contributed by atoms with Crippen molar-refractivity contribution in [2.45, 2.75) is 49.3 Å². The summed E-state index contributed by atoms with van der Waals surface area (Å²) in [5, 5.41) is 0.585. The van der Waals surface area contributed by atoms with Crippen LogP contribution in [-0.4, -0.2) is 11.3 Å². The molecule has 94 valence electrons. The zero-order chi connectivity index (χ0) is 12.3. The first-order valence-corrected chi connectivity index (χ1v) is 7.38. The number of hydrogen-bond donors (Lipinski definition) is 2. The minimum absolute atomic E-state index is 0.419. The van der Waals surface area contributed by atoms with Gasteiger partial charge in [0.2, 0.25) is 0 Å². The van der Waals surface area contributed by atoms with Crippen LogP contribution in [0.5, 0.6) is 0 Å². The molecule has 0 fully saturated rings. The highest BCUT2D eigenvalue weighted by molar-refractivity contribution is 8.00. The molecule has 0 bridgehead atoms. The average Bonchev–Trinajstić information content (AvgIpc) is 2.78. The molecule has 1 heterocycles. The van der Waals surface area contributed by atoms with Gasteiger partial charge in [-0.05, 0) is 24.0 Å². The molecule has 2 rings (SSSR count). The summed E-state index contributed by atoms with van der Waals surface area (Å²) in [6.45, 7) is 4.51. The number of fused-ring (bicyclic) bond motifs is 1. The van der Waals surface area contributed by atoms with Crippen LogP contribution in [0.1, 0.15) is 32.3 Å². The molecule has 2 unspecified atom stereocenters. The maximum absolute atomic E-state index is 5.78. The Hall–Kier alpha value is -0.510. The molecule has 0 aromatic heterocycles. The molecule has 0 radical (unpaired) electrons. The van der Waals surface area contributed by atoms with Gasteiger partial charge in [0.05, 0.1) is 0 Å². The fourth-order valence-corrected chi connectivity index (χ4v) is 4.25. The lowest BCUT2D eigenvalue weighted by molar-refractivity contribution is 0.330. The van der Waals surface area contributed by atoms with Crippen LogP contribution in [0.15, 0.2) is 29.2 Å². The standard InChI is InChI=1S/C14H22N2S/c1-3-10(4-2)14(16-15)13-9-11-7-5-6-8-12(11)17-13/h5-8,10,13-14,16H,3-4,9,15H2,1-2H3. The molecule has 0 amide bonds. The first kappa shape index (κ1) is 12.9. The Balaban J connectivity index is 2.10. The third kappa shape index (κ3) is 2.67. The molecule has 0 spiro atoms. The second-order valence-electron chi connectivity index (χ2n) is 4.74. The van der Waals surface area contributed by atoms with Gasteiger partial charge in [0.1, 0.15) is 0 Å². The van der Waals surface area contributed by atoms with Crippen LogP contribution in [-0.2, 0) is 6.42 Å². The molecule has 2 nitrogen and oxygen atoms in total. The lowest BCUT2D eigenvalue weighted by atomic mass is 9.90. The summed E-state index contributed by atoms with van der Waals surface area (Å²) in [4.78, 5) is 1.43. The number of nitrogens with one attached hydrogen (secondary N) is 1. The number of rotatable bonds is 5. The molecule has 3 N–H and O–H groups in total. The summed E-state index contributed by atoms with van der Waals surface area (Å²) in [7, 11) is 0. The van der Waals surface area contributed by atoms with Crippen LogP contribution in [0.3, 0.4) is 0 Å². The fourth-order valence-electron chi connectivity index (χ4n) is 2.75. The van der Waals surface area contributed by atoms with Gasteiger partial charge in [0.25, 0.3) is 0 Å². The summed E-state index contributed by atoms with van der Waals surface area (Å²) >= 11 is 1.99. The summed E-state index contributed by atoms with van der Waals surface area (Å²) in [5.74, 6) is 6.45. The van der Waals surface area contributed by atoms with E-state index in [4.69, 9.17) is 5.84 Å². The summed E-state index contributed by atoms with van der Waals surface area (Å²) in [5.41, 5.74) is 4.54. The van der Waals surface area contributed by atoms with E-state index < -0.39 is 0 Å². The molecule has 1 aliphatic heterocycles. The van der Waals surface area contributed by atoms with Crippen molar-refractivity contribution in [1.29, 1.82) is 0 Å². The summed E-state index contributed by atoms with van der Waals surface area (Å²) < 4.78 is 0. The van der Waals surface area contributed by atoms with Crippen molar-refractivity contribution in [3.63, 3.8) is 0 Å². The molecular formula is C14H22N2S. The first-order valence-electron chi connectivity index (χ1n) is 6.50. The van der Waals surface area contributed by atoms with E-state index in [1.165, 1.54) is 23.3 Å². The second-order valence-corrected chi connectivity index (χ2v) is 6.02. The highest BCUT2D eigenvalue weighted by Crippen LogP contribution is 2.40. The topological polar surface area (TPSA) is 38.0 Å². The molecule has 2 atom stereocenters. The van der Waals surface area contributed by atoms with Crippen molar-refractivity contribution in [2.75, 3.05) is 0 Å². The maximum atomic E-state index is 5.78. The Morgan fingerprint density at radius 2 is 2.06 bits per heavy atom. The molecule has 0 saturated carbocycles. The van der Waals surface area contributed by atoms with E-state index in [1.54, 1.807) is 0 Å². The summed E-state index contributed by atoms with van der Waals surface area (Å²) in [6.07, 6.45) is 3.53. The van der Waals surface area contributed by atoms with Gasteiger partial charge in [-0.25, -0.2) is 0 Å². The Kier molecular flexibility index (Phi) is 4.48. The van der Waals surface area contributed by atoms with Crippen LogP contribution in [0.4, 0.5) is 0 Å². The summed E-state index contributed by atoms with van der Waals surface area (Å²) in [6, 6.07) is 9.13. The molecule has 1 aromatic carbocycles. The lowest BCUT2D eigenvalue weighted by Crippen LogP contribution is -2.47. The Labute approximate surface area is 108 Å². The average molecular weight is 250 g/mol. The predicted octanol–water partition coefficient (Wildman–Crippen LogP) is 2.97. The Bertz CT molecular complexity index is 338. The highest BCUT2D eigenvalue weighted by atomic mass is 32.2. The normalized spacial score (nSPS) is 20.6. The fraction of sp³-hybridized carbons (Fsp3) is 0.571. The van der Waals surface area contributed by atoms with E-state index in [0.717, 1.165) is 6.42 Å². The molecule has 3 heteroatoms. The van der Waals surface area contributed by atoms with Crippen LogP contribution in [0, 0.1) is 5.92 Å². The van der Waals surface area contributed by atoms with Gasteiger partial charge < -0.3 is 0 Å². The SMILES string of the molecule is CCC(CC)C(NN)C1Cc2ccccc2S1. The molecule has 1 aromatic rings. The number of hydrazine groups is 1. The minimum Gasteiger partial charge on any atom is -0.271 e. The highest BCUT2D eigenvalue weighted by Gasteiger charge is 2.32. The molecule has 1 aliphatic rings. The Morgan fingerprint density at radius 3 is 2.65 bits per heavy atom. The van der Waals surface area contributed by atoms with Crippen molar-refractivity contribution in [3.05, 3.63) is 29.8 Å². The monoisotopic (exact) mass is 250 g/mol. The third-order valence-corrected chi connectivity index (χ3v) is 5.24. The van der Waals surface area contributed by atoms with Crippen LogP contribution < -0.4 is 11.3 Å². The molecule has 0 aliphatic carbocycles. The van der Waals surface area contributed by atoms with Gasteiger partial charge in [-0.3, -0.25) is 11.3 Å². The van der Waals surface area contributed by atoms with Gasteiger partial charge in [-0.2, -0.15) is 0 Å². The van der Waals surface area contributed by atoms with Crippen LogP contribution in [0.2, 0.25) is 0 Å². The van der Waals surface area contributed by atoms with Crippen LogP contribution in [0.25, 0.3) is 0 Å². The van der Waals surface area contributed by atoms with E-state index in [9.17, 15) is 0 Å². The zero-order valence-corrected chi connectivity index (χ0v) is 11.5. The number of hydrogen-bond acceptors (Lipinski definition) is 3. The number of nitrogens with two attached hydrogens (primary N) is 1. The van der Waals surface area contributed by atoms with Crippen molar-refractivity contribution in [1.82, 2.24) is 5.43 Å². The second kappa shape index (κ2) is 5.89. The van der Waals surface area contributed by atoms with E-state index in [0.29, 0.717) is 17.2 Å². The van der Waals surface area contributed by atoms with E-state index >= 15 is 0 Å². The Morgan fingerprint density at radius 1 is 1.35 bits per heavy atom. The van der Waals surface area contributed by atoms with Gasteiger partial charge >= 0.3 is 0 Å². The zero-order valence-electron chi connectivity index (χ0n) is 10.6. The van der Waals surface area contributed by atoms with E-state index in [-0.39, 0.29) is 0 Å². The van der Waals surface area contributed by atoms with Gasteiger partial charge in [-0.15, -0.1) is 11.8 Å². The first-order chi connectivity index (χ1) is 8.30. The van der Waals surface area contributed by atoms with Crippen molar-refractivity contribution in [3.8, 4) is 0 Å². The van der Waals surface area contributed by atoms with Crippen molar-refractivity contribution >= 4 is 11.8 Å². The minimum atomic E-state index is 0.419. The van der Waals surface area contributed by atoms with Crippen LogP contribution >= 0.6 is 11.8 Å². The predicted molar refractivity (Wildman–Crippen MR) is 75.0 cm³/mol. The van der Waals surface area contributed by atoms with Crippen molar-refractivity contribution < 1.29 is 0 Å². The van der Waals surface area contributed by atoms with Crippen molar-refractivity contribution in [2.24, 2.45) is 11.8 Å². The lowest BCUT2D eigenvalue weighted by Gasteiger charge is -2.29. The molecule has 17 heavy (non-hydrogen) atoms. The largest absolute Gasteiger partial charge is 0.271 e. The van der Waals surface area contributed by atoms with E-state index in [1.807, 2.05) is 11.8 Å². The quantitative estimate of drug-likeness (QED) is 0.623. The number of benzene rings is 1. The smallest absolute Gasteiger partial charge is 0.0364 e. The molecule has 0 saturated heterocycles. The molecular weight excluding hydrogens is 228 g/mol. The third-order valence-electron chi connectivity index (χ3n) is 3.82. The number of thioether (sulfide) groups is 1. The maximum Gasteiger partial charge on any atom is 0.0364 e.